The van der Waals surface area contributed by atoms with Gasteiger partial charge in [0.25, 0.3) is 5.56 Å². The van der Waals surface area contributed by atoms with E-state index in [2.05, 4.69) is 5.32 Å². The van der Waals surface area contributed by atoms with Crippen LogP contribution in [0.5, 0.6) is 0 Å². The summed E-state index contributed by atoms with van der Waals surface area (Å²) < 4.78 is 1.51. The van der Waals surface area contributed by atoms with E-state index < -0.39 is 0 Å². The third-order valence-electron chi connectivity index (χ3n) is 2.94. The molecule has 2 rings (SSSR count). The monoisotopic (exact) mass is 290 g/mol. The molecule has 0 saturated heterocycles. The van der Waals surface area contributed by atoms with Crippen LogP contribution in [0.1, 0.15) is 12.0 Å². The number of carbonyl (C=O) groups excluding carboxylic acids is 1. The Bertz CT molecular complexity index is 680. The van der Waals surface area contributed by atoms with Gasteiger partial charge in [0, 0.05) is 35.9 Å². The molecule has 0 bridgehead atoms. The largest absolute Gasteiger partial charge is 0.326 e. The summed E-state index contributed by atoms with van der Waals surface area (Å²) in [6.07, 6.45) is 1.91. The molecule has 0 atom stereocenters. The minimum atomic E-state index is -0.133. The summed E-state index contributed by atoms with van der Waals surface area (Å²) in [5.74, 6) is -0.133. The summed E-state index contributed by atoms with van der Waals surface area (Å²) in [4.78, 5) is 23.4. The Labute approximate surface area is 122 Å². The number of halogens is 1. The maximum atomic E-state index is 11.9. The van der Waals surface area contributed by atoms with Crippen molar-refractivity contribution in [3.05, 3.63) is 63.5 Å². The van der Waals surface area contributed by atoms with Crippen molar-refractivity contribution in [2.75, 3.05) is 5.32 Å². The van der Waals surface area contributed by atoms with Crippen LogP contribution in [0.3, 0.4) is 0 Å². The molecule has 0 aliphatic carbocycles. The molecule has 1 amide bonds. The fourth-order valence-corrected chi connectivity index (χ4v) is 2.07. The third kappa shape index (κ3) is 3.71. The van der Waals surface area contributed by atoms with E-state index in [1.54, 1.807) is 36.5 Å². The second kappa shape index (κ2) is 6.39. The topological polar surface area (TPSA) is 51.1 Å². The molecule has 5 heteroatoms. The molecule has 0 aliphatic heterocycles. The number of hydrogen-bond donors (Lipinski definition) is 1. The number of pyridine rings is 1. The van der Waals surface area contributed by atoms with Gasteiger partial charge in [-0.15, -0.1) is 0 Å². The van der Waals surface area contributed by atoms with Crippen LogP contribution in [-0.4, -0.2) is 10.5 Å². The molecule has 104 valence electrons. The molecule has 4 nitrogen and oxygen atoms in total. The Morgan fingerprint density at radius 1 is 1.30 bits per heavy atom. The Balaban J connectivity index is 1.96. The van der Waals surface area contributed by atoms with Gasteiger partial charge in [0.2, 0.25) is 5.91 Å². The van der Waals surface area contributed by atoms with E-state index in [0.717, 1.165) is 11.3 Å². The minimum absolute atomic E-state index is 0.108. The standard InChI is InChI=1S/C15H15ClN2O2/c1-11-10-12(16)5-6-13(11)17-14(19)7-9-18-8-3-2-4-15(18)20/h2-6,8,10H,7,9H2,1H3,(H,17,19). The van der Waals surface area contributed by atoms with Gasteiger partial charge in [0.1, 0.15) is 0 Å². The summed E-state index contributed by atoms with van der Waals surface area (Å²) >= 11 is 5.86. The molecule has 1 aromatic heterocycles. The second-order valence-electron chi connectivity index (χ2n) is 4.49. The molecule has 1 aromatic carbocycles. The van der Waals surface area contributed by atoms with Gasteiger partial charge in [-0.25, -0.2) is 0 Å². The van der Waals surface area contributed by atoms with Crippen LogP contribution < -0.4 is 10.9 Å². The number of aromatic nitrogens is 1. The zero-order chi connectivity index (χ0) is 14.5. The van der Waals surface area contributed by atoms with Gasteiger partial charge in [-0.3, -0.25) is 9.59 Å². The first kappa shape index (κ1) is 14.3. The molecule has 0 unspecified atom stereocenters. The highest BCUT2D eigenvalue weighted by atomic mass is 35.5. The maximum absolute atomic E-state index is 11.9. The predicted octanol–water partition coefficient (Wildman–Crippen LogP) is 2.84. The molecule has 1 N–H and O–H groups in total. The van der Waals surface area contributed by atoms with Crippen LogP contribution in [0.15, 0.2) is 47.4 Å². The van der Waals surface area contributed by atoms with Crippen molar-refractivity contribution in [3.8, 4) is 0 Å². The lowest BCUT2D eigenvalue weighted by Crippen LogP contribution is -2.21. The molecule has 1 heterocycles. The van der Waals surface area contributed by atoms with Crippen molar-refractivity contribution in [1.29, 1.82) is 0 Å². The second-order valence-corrected chi connectivity index (χ2v) is 4.93. The van der Waals surface area contributed by atoms with Crippen LogP contribution in [-0.2, 0) is 11.3 Å². The van der Waals surface area contributed by atoms with Gasteiger partial charge in [-0.05, 0) is 36.8 Å². The van der Waals surface area contributed by atoms with E-state index in [0.29, 0.717) is 11.6 Å². The first-order chi connectivity index (χ1) is 9.56. The van der Waals surface area contributed by atoms with Crippen LogP contribution >= 0.6 is 11.6 Å². The van der Waals surface area contributed by atoms with E-state index >= 15 is 0 Å². The summed E-state index contributed by atoms with van der Waals surface area (Å²) in [6, 6.07) is 10.2. The summed E-state index contributed by atoms with van der Waals surface area (Å²) in [5, 5.41) is 3.45. The van der Waals surface area contributed by atoms with Crippen LogP contribution in [0.2, 0.25) is 5.02 Å². The lowest BCUT2D eigenvalue weighted by atomic mass is 10.2. The van der Waals surface area contributed by atoms with Gasteiger partial charge in [-0.1, -0.05) is 17.7 Å². The average molecular weight is 291 g/mol. The minimum Gasteiger partial charge on any atom is -0.326 e. The number of aryl methyl sites for hydroxylation is 2. The van der Waals surface area contributed by atoms with Gasteiger partial charge in [0.05, 0.1) is 0 Å². The van der Waals surface area contributed by atoms with Gasteiger partial charge in [0.15, 0.2) is 0 Å². The fourth-order valence-electron chi connectivity index (χ4n) is 1.85. The van der Waals surface area contributed by atoms with Gasteiger partial charge < -0.3 is 9.88 Å². The van der Waals surface area contributed by atoms with E-state index in [4.69, 9.17) is 11.6 Å². The van der Waals surface area contributed by atoms with E-state index in [9.17, 15) is 9.59 Å². The summed E-state index contributed by atoms with van der Waals surface area (Å²) in [5.41, 5.74) is 1.53. The maximum Gasteiger partial charge on any atom is 0.250 e. The SMILES string of the molecule is Cc1cc(Cl)ccc1NC(=O)CCn1ccccc1=O. The van der Waals surface area contributed by atoms with Crippen molar-refractivity contribution >= 4 is 23.2 Å². The Hall–Kier alpha value is -2.07. The molecular formula is C15H15ClN2O2. The first-order valence-electron chi connectivity index (χ1n) is 6.28. The highest BCUT2D eigenvalue weighted by molar-refractivity contribution is 6.30. The van der Waals surface area contributed by atoms with Crippen LogP contribution in [0.4, 0.5) is 5.69 Å². The van der Waals surface area contributed by atoms with E-state index in [1.165, 1.54) is 10.6 Å². The fraction of sp³-hybridized carbons (Fsp3) is 0.200. The third-order valence-corrected chi connectivity index (χ3v) is 3.18. The highest BCUT2D eigenvalue weighted by Crippen LogP contribution is 2.19. The Morgan fingerprint density at radius 3 is 2.80 bits per heavy atom. The number of nitrogens with one attached hydrogen (secondary N) is 1. The molecular weight excluding hydrogens is 276 g/mol. The summed E-state index contributed by atoms with van der Waals surface area (Å²) in [6.45, 7) is 2.24. The van der Waals surface area contributed by atoms with Gasteiger partial charge >= 0.3 is 0 Å². The van der Waals surface area contributed by atoms with Crippen molar-refractivity contribution < 1.29 is 4.79 Å². The quantitative estimate of drug-likeness (QED) is 0.941. The van der Waals surface area contributed by atoms with Crippen molar-refractivity contribution in [2.24, 2.45) is 0 Å². The zero-order valence-electron chi connectivity index (χ0n) is 11.1. The van der Waals surface area contributed by atoms with E-state index in [1.807, 2.05) is 6.92 Å². The molecule has 0 saturated carbocycles. The average Bonchev–Trinajstić information content (AvgIpc) is 2.41. The number of carbonyl (C=O) groups is 1. The lowest BCUT2D eigenvalue weighted by Gasteiger charge is -2.09. The molecule has 0 spiro atoms. The van der Waals surface area contributed by atoms with Crippen molar-refractivity contribution in [1.82, 2.24) is 4.57 Å². The van der Waals surface area contributed by atoms with Crippen molar-refractivity contribution in [3.63, 3.8) is 0 Å². The number of nitrogens with zero attached hydrogens (tertiary/aromatic N) is 1. The lowest BCUT2D eigenvalue weighted by molar-refractivity contribution is -0.116. The van der Waals surface area contributed by atoms with E-state index in [-0.39, 0.29) is 17.9 Å². The first-order valence-corrected chi connectivity index (χ1v) is 6.65. The van der Waals surface area contributed by atoms with Crippen molar-refractivity contribution in [2.45, 2.75) is 19.9 Å². The number of anilines is 1. The van der Waals surface area contributed by atoms with Gasteiger partial charge in [-0.2, -0.15) is 0 Å². The predicted molar refractivity (Wildman–Crippen MR) is 80.1 cm³/mol. The summed E-state index contributed by atoms with van der Waals surface area (Å²) in [7, 11) is 0. The highest BCUT2D eigenvalue weighted by Gasteiger charge is 2.06. The smallest absolute Gasteiger partial charge is 0.250 e. The molecule has 0 fully saturated rings. The Kier molecular flexibility index (Phi) is 4.58. The molecule has 20 heavy (non-hydrogen) atoms. The molecule has 0 aliphatic rings. The molecule has 2 aromatic rings. The molecule has 0 radical (unpaired) electrons. The number of amides is 1. The number of rotatable bonds is 4. The normalized spacial score (nSPS) is 10.3. The Morgan fingerprint density at radius 2 is 2.10 bits per heavy atom. The number of benzene rings is 1. The van der Waals surface area contributed by atoms with Crippen LogP contribution in [0, 0.1) is 6.92 Å². The van der Waals surface area contributed by atoms with Crippen LogP contribution in [0.25, 0.3) is 0 Å². The number of hydrogen-bond acceptors (Lipinski definition) is 2. The zero-order valence-corrected chi connectivity index (χ0v) is 11.9.